The van der Waals surface area contributed by atoms with Crippen LogP contribution in [0.2, 0.25) is 0 Å². The number of nitrogens with one attached hydrogen (secondary N) is 3. The van der Waals surface area contributed by atoms with Gasteiger partial charge in [-0.25, -0.2) is 23.8 Å². The first-order valence-electron chi connectivity index (χ1n) is 12.1. The molecule has 1 aromatic carbocycles. The van der Waals surface area contributed by atoms with Crippen LogP contribution in [0, 0.1) is 5.82 Å². The Morgan fingerprint density at radius 2 is 2.02 bits per heavy atom. The number of aromatic amines is 1. The Labute approximate surface area is 222 Å². The second kappa shape index (κ2) is 10.5. The molecule has 0 aliphatic carbocycles. The van der Waals surface area contributed by atoms with Crippen molar-refractivity contribution in [2.45, 2.75) is 38.3 Å². The molecule has 40 heavy (non-hydrogen) atoms. The number of anilines is 2. The zero-order chi connectivity index (χ0) is 28.6. The average molecular weight is 563 g/mol. The van der Waals surface area contributed by atoms with Crippen LogP contribution in [0.1, 0.15) is 18.9 Å². The van der Waals surface area contributed by atoms with Crippen LogP contribution in [0.15, 0.2) is 46.4 Å². The van der Waals surface area contributed by atoms with Crippen LogP contribution in [0.3, 0.4) is 0 Å². The number of halogens is 5. The molecule has 1 aliphatic heterocycles. The molecule has 210 valence electrons. The monoisotopic (exact) mass is 563 g/mol. The van der Waals surface area contributed by atoms with Crippen molar-refractivity contribution >= 4 is 22.3 Å². The van der Waals surface area contributed by atoms with Crippen LogP contribution < -0.4 is 26.5 Å². The molecule has 0 spiro atoms. The lowest BCUT2D eigenvalue weighted by Crippen LogP contribution is -2.30. The first-order valence-corrected chi connectivity index (χ1v) is 12.1. The maximum absolute atomic E-state index is 15.1. The van der Waals surface area contributed by atoms with E-state index in [1.807, 2.05) is 0 Å². The van der Waals surface area contributed by atoms with Gasteiger partial charge in [0.2, 0.25) is 0 Å². The van der Waals surface area contributed by atoms with E-state index in [9.17, 15) is 27.2 Å². The number of hydrogen-bond acceptors (Lipinski definition) is 8. The van der Waals surface area contributed by atoms with Crippen LogP contribution in [0.4, 0.5) is 33.5 Å². The lowest BCUT2D eigenvalue weighted by Gasteiger charge is -2.20. The van der Waals surface area contributed by atoms with Crippen molar-refractivity contribution < 1.29 is 26.7 Å². The minimum atomic E-state index is -4.95. The SMILES string of the molecule is CC(CC(F)Cn1ccc2cc(-c3ncc4c(n3)NCCO4)c(F)cc2c1=O)Nc1cn[nH]c(=O)c1C(F)(F)F. The molecule has 4 aromatic rings. The molecule has 15 heteroatoms. The summed E-state index contributed by atoms with van der Waals surface area (Å²) in [6, 6.07) is 3.12. The van der Waals surface area contributed by atoms with Crippen molar-refractivity contribution in [3.8, 4) is 17.1 Å². The van der Waals surface area contributed by atoms with Gasteiger partial charge in [-0.1, -0.05) is 0 Å². The van der Waals surface area contributed by atoms with E-state index >= 15 is 4.39 Å². The van der Waals surface area contributed by atoms with Crippen LogP contribution >= 0.6 is 0 Å². The maximum atomic E-state index is 15.1. The van der Waals surface area contributed by atoms with Crippen LogP contribution in [-0.2, 0) is 12.7 Å². The predicted molar refractivity (Wildman–Crippen MR) is 136 cm³/mol. The zero-order valence-electron chi connectivity index (χ0n) is 20.9. The van der Waals surface area contributed by atoms with Gasteiger partial charge in [0.25, 0.3) is 11.1 Å². The number of rotatable bonds is 7. The molecule has 3 N–H and O–H groups in total. The number of benzene rings is 1. The summed E-state index contributed by atoms with van der Waals surface area (Å²) in [6.45, 7) is 1.99. The minimum absolute atomic E-state index is 0.00551. The van der Waals surface area contributed by atoms with Crippen LogP contribution in [0.5, 0.6) is 5.75 Å². The molecular formula is C25H22F5N7O3. The lowest BCUT2D eigenvalue weighted by atomic mass is 10.1. The smallest absolute Gasteiger partial charge is 0.423 e. The lowest BCUT2D eigenvalue weighted by molar-refractivity contribution is -0.138. The van der Waals surface area contributed by atoms with Gasteiger partial charge < -0.3 is 19.9 Å². The molecule has 0 bridgehead atoms. The number of pyridine rings is 1. The molecule has 2 atom stereocenters. The van der Waals surface area contributed by atoms with Crippen LogP contribution in [0.25, 0.3) is 22.2 Å². The summed E-state index contributed by atoms with van der Waals surface area (Å²) in [5.41, 5.74) is -4.07. The van der Waals surface area contributed by atoms with Crippen molar-refractivity contribution in [3.05, 3.63) is 68.9 Å². The Hall–Kier alpha value is -4.56. The highest BCUT2D eigenvalue weighted by Gasteiger charge is 2.37. The summed E-state index contributed by atoms with van der Waals surface area (Å²) >= 11 is 0. The first-order chi connectivity index (χ1) is 19.0. The summed E-state index contributed by atoms with van der Waals surface area (Å²) in [6.07, 6.45) is -3.33. The Morgan fingerprint density at radius 1 is 1.23 bits per heavy atom. The highest BCUT2D eigenvalue weighted by atomic mass is 19.4. The Bertz CT molecular complexity index is 1690. The number of nitrogens with zero attached hydrogens (tertiary/aromatic N) is 4. The van der Waals surface area contributed by atoms with E-state index in [2.05, 4.69) is 25.7 Å². The third-order valence-corrected chi connectivity index (χ3v) is 6.26. The van der Waals surface area contributed by atoms with Crippen molar-refractivity contribution in [2.75, 3.05) is 23.8 Å². The number of aromatic nitrogens is 5. The normalized spacial score (nSPS) is 14.7. The van der Waals surface area contributed by atoms with Crippen molar-refractivity contribution in [3.63, 3.8) is 0 Å². The molecule has 0 saturated heterocycles. The summed E-state index contributed by atoms with van der Waals surface area (Å²) < 4.78 is 76.3. The molecule has 0 radical (unpaired) electrons. The molecule has 0 fully saturated rings. The van der Waals surface area contributed by atoms with Gasteiger partial charge in [0, 0.05) is 18.7 Å². The second-order valence-electron chi connectivity index (χ2n) is 9.24. The summed E-state index contributed by atoms with van der Waals surface area (Å²) in [5, 5.41) is 11.0. The molecule has 5 rings (SSSR count). The summed E-state index contributed by atoms with van der Waals surface area (Å²) in [5.74, 6) is 0.212. The summed E-state index contributed by atoms with van der Waals surface area (Å²) in [4.78, 5) is 33.1. The molecule has 1 aliphatic rings. The molecule has 3 aromatic heterocycles. The Balaban J connectivity index is 1.33. The second-order valence-corrected chi connectivity index (χ2v) is 9.24. The predicted octanol–water partition coefficient (Wildman–Crippen LogP) is 3.73. The van der Waals surface area contributed by atoms with E-state index < -0.39 is 53.1 Å². The highest BCUT2D eigenvalue weighted by Crippen LogP contribution is 2.32. The molecular weight excluding hydrogens is 541 g/mol. The van der Waals surface area contributed by atoms with Crippen molar-refractivity contribution in [2.24, 2.45) is 0 Å². The van der Waals surface area contributed by atoms with Gasteiger partial charge in [-0.3, -0.25) is 9.59 Å². The van der Waals surface area contributed by atoms with E-state index in [0.29, 0.717) is 30.1 Å². The van der Waals surface area contributed by atoms with Gasteiger partial charge in [0.1, 0.15) is 24.2 Å². The van der Waals surface area contributed by atoms with Gasteiger partial charge >= 0.3 is 6.18 Å². The van der Waals surface area contributed by atoms with Crippen LogP contribution in [-0.4, -0.2) is 50.1 Å². The molecule has 2 unspecified atom stereocenters. The first kappa shape index (κ1) is 27.0. The van der Waals surface area contributed by atoms with Gasteiger partial charge in [-0.15, -0.1) is 0 Å². The van der Waals surface area contributed by atoms with Gasteiger partial charge in [-0.2, -0.15) is 18.3 Å². The fourth-order valence-electron chi connectivity index (χ4n) is 4.47. The van der Waals surface area contributed by atoms with E-state index in [0.717, 1.165) is 16.8 Å². The molecule has 10 nitrogen and oxygen atoms in total. The van der Waals surface area contributed by atoms with Crippen molar-refractivity contribution in [1.82, 2.24) is 24.7 Å². The summed E-state index contributed by atoms with van der Waals surface area (Å²) in [7, 11) is 0. The van der Waals surface area contributed by atoms with E-state index in [1.165, 1.54) is 31.5 Å². The molecule has 0 saturated carbocycles. The standard InChI is InChI=1S/C25H22F5N7O3/c1-12(34-18-9-33-36-23(38)20(18)25(28,29)30)6-14(26)11-37-4-2-13-7-16(17(27)8-15(13)24(37)39)21-32-10-19-22(35-21)31-3-5-40-19/h2,4,7-10,12,14H,3,5-6,11H2,1H3,(H,31,32,35)(H2,34,36,38). The van der Waals surface area contributed by atoms with E-state index in [-0.39, 0.29) is 23.2 Å². The van der Waals surface area contributed by atoms with Gasteiger partial charge in [0.15, 0.2) is 17.4 Å². The number of ether oxygens (including phenoxy) is 1. The third kappa shape index (κ3) is 5.44. The Kier molecular flexibility index (Phi) is 7.12. The molecule has 4 heterocycles. The average Bonchev–Trinajstić information content (AvgIpc) is 2.89. The number of fused-ring (bicyclic) bond motifs is 2. The fourth-order valence-corrected chi connectivity index (χ4v) is 4.47. The van der Waals surface area contributed by atoms with E-state index in [1.54, 1.807) is 5.10 Å². The third-order valence-electron chi connectivity index (χ3n) is 6.26. The van der Waals surface area contributed by atoms with Gasteiger partial charge in [0.05, 0.1) is 42.1 Å². The minimum Gasteiger partial charge on any atom is -0.486 e. The zero-order valence-corrected chi connectivity index (χ0v) is 20.9. The quantitative estimate of drug-likeness (QED) is 0.291. The highest BCUT2D eigenvalue weighted by molar-refractivity contribution is 5.86. The fraction of sp³-hybridized carbons (Fsp3) is 0.320. The topological polar surface area (TPSA) is 127 Å². The maximum Gasteiger partial charge on any atom is 0.423 e. The number of hydrogen-bond donors (Lipinski definition) is 3. The van der Waals surface area contributed by atoms with Gasteiger partial charge in [-0.05, 0) is 30.5 Å². The number of H-pyrrole nitrogens is 1. The van der Waals surface area contributed by atoms with E-state index in [4.69, 9.17) is 4.74 Å². The molecule has 0 amide bonds. The number of alkyl halides is 4. The largest absolute Gasteiger partial charge is 0.486 e. The Morgan fingerprint density at radius 3 is 2.80 bits per heavy atom. The van der Waals surface area contributed by atoms with Crippen molar-refractivity contribution in [1.29, 1.82) is 0 Å².